The van der Waals surface area contributed by atoms with Crippen LogP contribution in [0.15, 0.2) is 76.6 Å². The summed E-state index contributed by atoms with van der Waals surface area (Å²) in [6, 6.07) is 19.6. The second-order valence-corrected chi connectivity index (χ2v) is 10.1. The van der Waals surface area contributed by atoms with E-state index in [4.69, 9.17) is 26.1 Å². The van der Waals surface area contributed by atoms with Crippen LogP contribution in [-0.2, 0) is 10.0 Å². The Kier molecular flexibility index (Phi) is 5.74. The molecule has 3 aromatic carbocycles. The van der Waals surface area contributed by atoms with Crippen LogP contribution in [0.1, 0.15) is 5.56 Å². The number of nitrogens with zero attached hydrogens (tertiary/aromatic N) is 3. The smallest absolute Gasteiger partial charge is 0.243 e. The van der Waals surface area contributed by atoms with Crippen LogP contribution < -0.4 is 9.47 Å². The minimum atomic E-state index is -3.63. The van der Waals surface area contributed by atoms with Crippen LogP contribution in [0.2, 0.25) is 5.02 Å². The predicted octanol–water partition coefficient (Wildman–Crippen LogP) is 4.54. The average molecular weight is 484 g/mol. The minimum absolute atomic E-state index is 0.202. The molecule has 2 aliphatic rings. The van der Waals surface area contributed by atoms with Gasteiger partial charge in [-0.2, -0.15) is 4.31 Å². The normalized spacial score (nSPS) is 16.2. The Hall–Kier alpha value is -3.07. The lowest BCUT2D eigenvalue weighted by Gasteiger charge is -2.36. The van der Waals surface area contributed by atoms with E-state index in [1.54, 1.807) is 25.3 Å². The number of halogens is 1. The zero-order valence-corrected chi connectivity index (χ0v) is 19.5. The molecule has 2 aliphatic heterocycles. The van der Waals surface area contributed by atoms with Gasteiger partial charge in [0.2, 0.25) is 10.0 Å². The van der Waals surface area contributed by atoms with Crippen LogP contribution in [0.25, 0.3) is 0 Å². The fraction of sp³-hybridized carbons (Fsp3) is 0.208. The van der Waals surface area contributed by atoms with E-state index < -0.39 is 10.0 Å². The largest absolute Gasteiger partial charge is 0.493 e. The van der Waals surface area contributed by atoms with Crippen molar-refractivity contribution >= 4 is 33.1 Å². The van der Waals surface area contributed by atoms with Crippen molar-refractivity contribution in [2.75, 3.05) is 33.3 Å². The fourth-order valence-electron chi connectivity index (χ4n) is 4.04. The number of rotatable bonds is 3. The number of hydrogen-bond acceptors (Lipinski definition) is 6. The van der Waals surface area contributed by atoms with Gasteiger partial charge < -0.3 is 14.4 Å². The minimum Gasteiger partial charge on any atom is -0.493 e. The molecule has 9 heteroatoms. The van der Waals surface area contributed by atoms with Crippen molar-refractivity contribution in [1.29, 1.82) is 0 Å². The van der Waals surface area contributed by atoms with Crippen LogP contribution >= 0.6 is 11.6 Å². The van der Waals surface area contributed by atoms with Crippen molar-refractivity contribution in [3.05, 3.63) is 77.3 Å². The summed E-state index contributed by atoms with van der Waals surface area (Å²) < 4.78 is 39.4. The van der Waals surface area contributed by atoms with Crippen LogP contribution in [0.4, 0.5) is 5.69 Å². The van der Waals surface area contributed by atoms with Gasteiger partial charge in [0.05, 0.1) is 17.6 Å². The van der Waals surface area contributed by atoms with Gasteiger partial charge in [-0.3, -0.25) is 0 Å². The topological polar surface area (TPSA) is 71.4 Å². The molecular formula is C24H22ClN3O4S. The highest BCUT2D eigenvalue weighted by Crippen LogP contribution is 2.42. The van der Waals surface area contributed by atoms with Crippen molar-refractivity contribution in [3.8, 4) is 17.2 Å². The Morgan fingerprint density at radius 3 is 2.48 bits per heavy atom. The van der Waals surface area contributed by atoms with E-state index in [2.05, 4.69) is 4.90 Å². The van der Waals surface area contributed by atoms with Crippen LogP contribution in [0.3, 0.4) is 0 Å². The molecule has 1 fully saturated rings. The second kappa shape index (κ2) is 8.70. The summed E-state index contributed by atoms with van der Waals surface area (Å²) in [5, 5.41) is 0.395. The van der Waals surface area contributed by atoms with Gasteiger partial charge in [-0.25, -0.2) is 13.4 Å². The third-order valence-electron chi connectivity index (χ3n) is 5.72. The van der Waals surface area contributed by atoms with E-state index in [0.29, 0.717) is 54.1 Å². The predicted molar refractivity (Wildman–Crippen MR) is 127 cm³/mol. The zero-order valence-electron chi connectivity index (χ0n) is 17.9. The first kappa shape index (κ1) is 21.8. The quantitative estimate of drug-likeness (QED) is 0.547. The summed E-state index contributed by atoms with van der Waals surface area (Å²) in [7, 11) is -2.02. The van der Waals surface area contributed by atoms with Gasteiger partial charge in [0.25, 0.3) is 0 Å². The first-order chi connectivity index (χ1) is 16.0. The highest BCUT2D eigenvalue weighted by molar-refractivity contribution is 7.89. The lowest BCUT2D eigenvalue weighted by Crippen LogP contribution is -2.50. The second-order valence-electron chi connectivity index (χ2n) is 7.69. The van der Waals surface area contributed by atoms with Gasteiger partial charge >= 0.3 is 0 Å². The number of benzene rings is 3. The molecule has 7 nitrogen and oxygen atoms in total. The molecule has 1 saturated heterocycles. The number of sulfonamides is 1. The number of ether oxygens (including phenoxy) is 2. The van der Waals surface area contributed by atoms with Gasteiger partial charge in [-0.1, -0.05) is 35.9 Å². The number of para-hydroxylation sites is 3. The summed E-state index contributed by atoms with van der Waals surface area (Å²) >= 11 is 6.01. The standard InChI is InChI=1S/C24H22ClN3O4S/c1-31-22-11-5-8-19-23(22)32-21-10-3-2-9-20(21)26-24(19)27-12-14-28(15-13-27)33(29,30)18-7-4-6-17(25)16-18/h2-11,16H,12-15H2,1H3. The van der Waals surface area contributed by atoms with Gasteiger partial charge in [0, 0.05) is 31.2 Å². The van der Waals surface area contributed by atoms with Crippen LogP contribution in [-0.4, -0.2) is 56.7 Å². The van der Waals surface area contributed by atoms with Crippen LogP contribution in [0.5, 0.6) is 17.2 Å². The molecule has 0 bridgehead atoms. The number of hydrogen-bond donors (Lipinski definition) is 0. The maximum atomic E-state index is 13.1. The van der Waals surface area contributed by atoms with Gasteiger partial charge in [-0.15, -0.1) is 0 Å². The summed E-state index contributed by atoms with van der Waals surface area (Å²) in [4.78, 5) is 7.21. The molecule has 0 aliphatic carbocycles. The maximum absolute atomic E-state index is 13.1. The highest BCUT2D eigenvalue weighted by atomic mass is 35.5. The Bertz CT molecular complexity index is 1340. The van der Waals surface area contributed by atoms with Gasteiger partial charge in [0.1, 0.15) is 11.5 Å². The Labute approximate surface area is 197 Å². The molecule has 2 heterocycles. The SMILES string of the molecule is COc1cccc2c1Oc1ccccc1N=C2N1CCN(S(=O)(=O)c2cccc(Cl)c2)CC1. The third-order valence-corrected chi connectivity index (χ3v) is 7.85. The highest BCUT2D eigenvalue weighted by Gasteiger charge is 2.32. The number of fused-ring (bicyclic) bond motifs is 2. The summed E-state index contributed by atoms with van der Waals surface area (Å²) in [6.45, 7) is 1.63. The number of methoxy groups -OCH3 is 1. The maximum Gasteiger partial charge on any atom is 0.243 e. The molecule has 0 amide bonds. The van der Waals surface area contributed by atoms with E-state index in [0.717, 1.165) is 11.4 Å². The Balaban J connectivity index is 1.46. The monoisotopic (exact) mass is 483 g/mol. The summed E-state index contributed by atoms with van der Waals surface area (Å²) in [5.74, 6) is 2.57. The molecule has 5 rings (SSSR count). The molecule has 0 aromatic heterocycles. The molecule has 0 radical (unpaired) electrons. The van der Waals surface area contributed by atoms with Crippen molar-refractivity contribution in [3.63, 3.8) is 0 Å². The van der Waals surface area contributed by atoms with Gasteiger partial charge in [0.15, 0.2) is 17.2 Å². The fourth-order valence-corrected chi connectivity index (χ4v) is 5.76. The number of piperazine rings is 1. The van der Waals surface area contributed by atoms with Crippen molar-refractivity contribution in [1.82, 2.24) is 9.21 Å². The van der Waals surface area contributed by atoms with Crippen LogP contribution in [0, 0.1) is 0 Å². The van der Waals surface area contributed by atoms with E-state index >= 15 is 0 Å². The molecule has 0 atom stereocenters. The molecule has 3 aromatic rings. The average Bonchev–Trinajstić information content (AvgIpc) is 3.01. The van der Waals surface area contributed by atoms with Crippen molar-refractivity contribution < 1.29 is 17.9 Å². The zero-order chi connectivity index (χ0) is 23.0. The van der Waals surface area contributed by atoms with Gasteiger partial charge in [-0.05, 0) is 42.5 Å². The Morgan fingerprint density at radius 1 is 0.970 bits per heavy atom. The molecule has 0 spiro atoms. The van der Waals surface area contributed by atoms with E-state index in [9.17, 15) is 8.42 Å². The van der Waals surface area contributed by atoms with Crippen molar-refractivity contribution in [2.45, 2.75) is 4.90 Å². The molecule has 170 valence electrons. The molecule has 0 N–H and O–H groups in total. The number of aliphatic imine (C=N–C) groups is 1. The van der Waals surface area contributed by atoms with Crippen molar-refractivity contribution in [2.24, 2.45) is 4.99 Å². The molecule has 0 unspecified atom stereocenters. The lowest BCUT2D eigenvalue weighted by molar-refractivity contribution is 0.266. The Morgan fingerprint density at radius 2 is 1.73 bits per heavy atom. The molecule has 33 heavy (non-hydrogen) atoms. The first-order valence-electron chi connectivity index (χ1n) is 10.5. The molecule has 0 saturated carbocycles. The lowest BCUT2D eigenvalue weighted by atomic mass is 10.1. The third kappa shape index (κ3) is 4.06. The summed E-state index contributed by atoms with van der Waals surface area (Å²) in [6.07, 6.45) is 0. The van der Waals surface area contributed by atoms with E-state index in [1.807, 2.05) is 42.5 Å². The molecular weight excluding hydrogens is 462 g/mol. The number of amidine groups is 1. The van der Waals surface area contributed by atoms with E-state index in [1.165, 1.54) is 10.4 Å². The van der Waals surface area contributed by atoms with E-state index in [-0.39, 0.29) is 4.90 Å². The summed E-state index contributed by atoms with van der Waals surface area (Å²) in [5.41, 5.74) is 1.51. The first-order valence-corrected chi connectivity index (χ1v) is 12.3.